The van der Waals surface area contributed by atoms with Crippen LogP contribution in [-0.4, -0.2) is 30.6 Å². The molecule has 2 N–H and O–H groups in total. The van der Waals surface area contributed by atoms with E-state index in [-0.39, 0.29) is 0 Å². The van der Waals surface area contributed by atoms with Gasteiger partial charge in [-0.3, -0.25) is 4.90 Å². The van der Waals surface area contributed by atoms with Crippen LogP contribution in [0.5, 0.6) is 0 Å². The SMILES string of the molecule is CCC1CCN(C(CN)C(C)C)C1. The maximum atomic E-state index is 5.80. The predicted octanol–water partition coefficient (Wildman–Crippen LogP) is 1.70. The molecule has 0 bridgehead atoms. The Labute approximate surface area is 82.5 Å². The maximum absolute atomic E-state index is 5.80. The minimum atomic E-state index is 0.608. The number of rotatable bonds is 4. The third kappa shape index (κ3) is 2.68. The van der Waals surface area contributed by atoms with Crippen LogP contribution in [0.4, 0.5) is 0 Å². The molecule has 0 radical (unpaired) electrons. The number of hydrogen-bond acceptors (Lipinski definition) is 2. The van der Waals surface area contributed by atoms with Crippen molar-refractivity contribution in [2.75, 3.05) is 19.6 Å². The fraction of sp³-hybridized carbons (Fsp3) is 1.00. The zero-order valence-corrected chi connectivity index (χ0v) is 9.29. The summed E-state index contributed by atoms with van der Waals surface area (Å²) in [4.78, 5) is 2.58. The zero-order valence-electron chi connectivity index (χ0n) is 9.29. The fourth-order valence-corrected chi connectivity index (χ4v) is 2.34. The number of likely N-dealkylation sites (tertiary alicyclic amines) is 1. The molecule has 1 heterocycles. The summed E-state index contributed by atoms with van der Waals surface area (Å²) >= 11 is 0. The summed E-state index contributed by atoms with van der Waals surface area (Å²) in [5.41, 5.74) is 5.80. The Morgan fingerprint density at radius 1 is 1.46 bits per heavy atom. The van der Waals surface area contributed by atoms with Crippen LogP contribution in [0.2, 0.25) is 0 Å². The standard InChI is InChI=1S/C11H24N2/c1-4-10-5-6-13(8-10)11(7-12)9(2)3/h9-11H,4-8,12H2,1-3H3. The quantitative estimate of drug-likeness (QED) is 0.720. The summed E-state index contributed by atoms with van der Waals surface area (Å²) in [5.74, 6) is 1.62. The Morgan fingerprint density at radius 2 is 2.15 bits per heavy atom. The molecule has 0 aromatic rings. The van der Waals surface area contributed by atoms with Crippen molar-refractivity contribution >= 4 is 0 Å². The van der Waals surface area contributed by atoms with E-state index in [1.165, 1.54) is 25.9 Å². The topological polar surface area (TPSA) is 29.3 Å². The Hall–Kier alpha value is -0.0800. The smallest absolute Gasteiger partial charge is 0.0241 e. The lowest BCUT2D eigenvalue weighted by atomic mass is 10.0. The summed E-state index contributed by atoms with van der Waals surface area (Å²) in [6.07, 6.45) is 2.70. The highest BCUT2D eigenvalue weighted by atomic mass is 15.2. The van der Waals surface area contributed by atoms with Crippen LogP contribution in [-0.2, 0) is 0 Å². The molecule has 0 saturated carbocycles. The van der Waals surface area contributed by atoms with Crippen LogP contribution in [0.3, 0.4) is 0 Å². The molecule has 1 aliphatic heterocycles. The minimum Gasteiger partial charge on any atom is -0.329 e. The lowest BCUT2D eigenvalue weighted by Crippen LogP contribution is -2.42. The van der Waals surface area contributed by atoms with E-state index in [9.17, 15) is 0 Å². The van der Waals surface area contributed by atoms with Gasteiger partial charge in [0.1, 0.15) is 0 Å². The van der Waals surface area contributed by atoms with E-state index < -0.39 is 0 Å². The maximum Gasteiger partial charge on any atom is 0.0241 e. The van der Waals surface area contributed by atoms with Crippen molar-refractivity contribution in [2.24, 2.45) is 17.6 Å². The largest absolute Gasteiger partial charge is 0.329 e. The zero-order chi connectivity index (χ0) is 9.84. The van der Waals surface area contributed by atoms with Crippen LogP contribution >= 0.6 is 0 Å². The van der Waals surface area contributed by atoms with Gasteiger partial charge in [0, 0.05) is 19.1 Å². The second kappa shape index (κ2) is 4.97. The van der Waals surface area contributed by atoms with Gasteiger partial charge in [0.25, 0.3) is 0 Å². The van der Waals surface area contributed by atoms with Crippen LogP contribution in [0, 0.1) is 11.8 Å². The van der Waals surface area contributed by atoms with Crippen LogP contribution in [0.25, 0.3) is 0 Å². The first kappa shape index (κ1) is 11.0. The molecule has 78 valence electrons. The van der Waals surface area contributed by atoms with Gasteiger partial charge >= 0.3 is 0 Å². The van der Waals surface area contributed by atoms with Gasteiger partial charge in [-0.05, 0) is 24.8 Å². The van der Waals surface area contributed by atoms with Crippen molar-refractivity contribution in [1.29, 1.82) is 0 Å². The van der Waals surface area contributed by atoms with Gasteiger partial charge in [-0.2, -0.15) is 0 Å². The third-order valence-corrected chi connectivity index (χ3v) is 3.37. The molecule has 0 spiro atoms. The summed E-state index contributed by atoms with van der Waals surface area (Å²) < 4.78 is 0. The van der Waals surface area contributed by atoms with Crippen molar-refractivity contribution in [2.45, 2.75) is 39.7 Å². The van der Waals surface area contributed by atoms with Crippen molar-refractivity contribution in [3.63, 3.8) is 0 Å². The molecule has 0 aliphatic carbocycles. The van der Waals surface area contributed by atoms with Crippen LogP contribution in [0.15, 0.2) is 0 Å². The predicted molar refractivity (Wildman–Crippen MR) is 57.7 cm³/mol. The first-order valence-electron chi connectivity index (χ1n) is 5.63. The number of hydrogen-bond donors (Lipinski definition) is 1. The van der Waals surface area contributed by atoms with Crippen molar-refractivity contribution in [3.05, 3.63) is 0 Å². The molecule has 0 amide bonds. The molecule has 1 saturated heterocycles. The van der Waals surface area contributed by atoms with Gasteiger partial charge in [0.2, 0.25) is 0 Å². The molecule has 0 aromatic heterocycles. The van der Waals surface area contributed by atoms with E-state index in [4.69, 9.17) is 5.73 Å². The average Bonchev–Trinajstić information content (AvgIpc) is 2.53. The van der Waals surface area contributed by atoms with Crippen LogP contribution in [0.1, 0.15) is 33.6 Å². The lowest BCUT2D eigenvalue weighted by Gasteiger charge is -2.29. The summed E-state index contributed by atoms with van der Waals surface area (Å²) in [6.45, 7) is 10.2. The van der Waals surface area contributed by atoms with Crippen molar-refractivity contribution in [1.82, 2.24) is 4.90 Å². The Bertz CT molecular complexity index is 145. The number of nitrogens with two attached hydrogens (primary N) is 1. The molecule has 1 fully saturated rings. The molecule has 2 unspecified atom stereocenters. The van der Waals surface area contributed by atoms with Crippen molar-refractivity contribution < 1.29 is 0 Å². The Kier molecular flexibility index (Phi) is 4.20. The average molecular weight is 184 g/mol. The number of nitrogens with zero attached hydrogens (tertiary/aromatic N) is 1. The van der Waals surface area contributed by atoms with Gasteiger partial charge in [-0.1, -0.05) is 27.2 Å². The summed E-state index contributed by atoms with van der Waals surface area (Å²) in [7, 11) is 0. The molecule has 2 atom stereocenters. The first-order valence-corrected chi connectivity index (χ1v) is 5.63. The van der Waals surface area contributed by atoms with E-state index in [0.29, 0.717) is 12.0 Å². The van der Waals surface area contributed by atoms with E-state index >= 15 is 0 Å². The molecule has 2 heteroatoms. The second-order valence-corrected chi connectivity index (χ2v) is 4.60. The molecular formula is C11H24N2. The molecule has 13 heavy (non-hydrogen) atoms. The van der Waals surface area contributed by atoms with E-state index in [2.05, 4.69) is 25.7 Å². The first-order chi connectivity index (χ1) is 6.19. The minimum absolute atomic E-state index is 0.608. The van der Waals surface area contributed by atoms with Gasteiger partial charge in [-0.25, -0.2) is 0 Å². The van der Waals surface area contributed by atoms with Crippen LogP contribution < -0.4 is 5.73 Å². The van der Waals surface area contributed by atoms with Gasteiger partial charge in [0.15, 0.2) is 0 Å². The highest BCUT2D eigenvalue weighted by Gasteiger charge is 2.27. The monoisotopic (exact) mass is 184 g/mol. The lowest BCUT2D eigenvalue weighted by molar-refractivity contribution is 0.190. The van der Waals surface area contributed by atoms with Gasteiger partial charge in [-0.15, -0.1) is 0 Å². The summed E-state index contributed by atoms with van der Waals surface area (Å²) in [6, 6.07) is 0.608. The normalized spacial score (nSPS) is 27.0. The van der Waals surface area contributed by atoms with Gasteiger partial charge in [0.05, 0.1) is 0 Å². The highest BCUT2D eigenvalue weighted by Crippen LogP contribution is 2.23. The third-order valence-electron chi connectivity index (χ3n) is 3.37. The Morgan fingerprint density at radius 3 is 2.54 bits per heavy atom. The molecular weight excluding hydrogens is 160 g/mol. The fourth-order valence-electron chi connectivity index (χ4n) is 2.34. The molecule has 0 aromatic carbocycles. The van der Waals surface area contributed by atoms with E-state index in [0.717, 1.165) is 12.5 Å². The molecule has 1 aliphatic rings. The molecule has 1 rings (SSSR count). The highest BCUT2D eigenvalue weighted by molar-refractivity contribution is 4.83. The van der Waals surface area contributed by atoms with Crippen molar-refractivity contribution in [3.8, 4) is 0 Å². The summed E-state index contributed by atoms with van der Waals surface area (Å²) in [5, 5.41) is 0. The van der Waals surface area contributed by atoms with E-state index in [1.54, 1.807) is 0 Å². The van der Waals surface area contributed by atoms with Gasteiger partial charge < -0.3 is 5.73 Å². The second-order valence-electron chi connectivity index (χ2n) is 4.60. The molecule has 2 nitrogen and oxygen atoms in total. The van der Waals surface area contributed by atoms with E-state index in [1.807, 2.05) is 0 Å². The Balaban J connectivity index is 2.43.